The summed E-state index contributed by atoms with van der Waals surface area (Å²) < 4.78 is 1.78. The summed E-state index contributed by atoms with van der Waals surface area (Å²) in [5.74, 6) is -0.0551. The minimum atomic E-state index is -0.337. The molecular weight excluding hydrogens is 286 g/mol. The number of rotatable bonds is 2. The van der Waals surface area contributed by atoms with E-state index >= 15 is 0 Å². The molecule has 0 saturated carbocycles. The van der Waals surface area contributed by atoms with Gasteiger partial charge in [-0.1, -0.05) is 24.3 Å². The van der Waals surface area contributed by atoms with Gasteiger partial charge in [0.1, 0.15) is 0 Å². The first-order valence-electron chi connectivity index (χ1n) is 7.00. The Bertz CT molecular complexity index is 794. The van der Waals surface area contributed by atoms with E-state index in [1.54, 1.807) is 0 Å². The summed E-state index contributed by atoms with van der Waals surface area (Å²) in [6.07, 6.45) is 0.915. The molecule has 21 heavy (non-hydrogen) atoms. The van der Waals surface area contributed by atoms with Gasteiger partial charge < -0.3 is 10.4 Å². The molecule has 1 aliphatic heterocycles. The van der Waals surface area contributed by atoms with E-state index in [2.05, 4.69) is 16.4 Å². The van der Waals surface area contributed by atoms with Gasteiger partial charge in [0.2, 0.25) is 5.88 Å². The molecule has 0 spiro atoms. The summed E-state index contributed by atoms with van der Waals surface area (Å²) in [4.78, 5) is 15.0. The lowest BCUT2D eigenvalue weighted by molar-refractivity contribution is 0.391. The molecule has 0 amide bonds. The predicted molar refractivity (Wildman–Crippen MR) is 83.2 cm³/mol. The zero-order chi connectivity index (χ0) is 15.0. The van der Waals surface area contributed by atoms with Gasteiger partial charge in [-0.05, 0) is 36.7 Å². The topological polar surface area (TPSA) is 70.0 Å². The van der Waals surface area contributed by atoms with E-state index in [1.807, 2.05) is 25.1 Å². The van der Waals surface area contributed by atoms with Crippen LogP contribution in [0.2, 0.25) is 0 Å². The molecule has 1 aromatic heterocycles. The molecule has 1 aromatic carbocycles. The number of H-pyrrole nitrogens is 1. The van der Waals surface area contributed by atoms with Gasteiger partial charge in [0, 0.05) is 13.1 Å². The summed E-state index contributed by atoms with van der Waals surface area (Å²) in [5.41, 5.74) is 2.23. The van der Waals surface area contributed by atoms with Crippen molar-refractivity contribution in [2.75, 3.05) is 6.54 Å². The van der Waals surface area contributed by atoms with E-state index in [0.29, 0.717) is 12.1 Å². The molecule has 5 nitrogen and oxygen atoms in total. The molecule has 1 aliphatic rings. The van der Waals surface area contributed by atoms with Crippen LogP contribution in [0.1, 0.15) is 29.7 Å². The maximum atomic E-state index is 12.3. The highest BCUT2D eigenvalue weighted by molar-refractivity contribution is 7.71. The Hall–Kier alpha value is -1.92. The van der Waals surface area contributed by atoms with Crippen molar-refractivity contribution in [3.63, 3.8) is 0 Å². The quantitative estimate of drug-likeness (QED) is 0.741. The standard InChI is InChI=1S/C15H17N3O2S/c1-2-18-14(20)11(13(19)17-15(18)21)12-10-6-4-3-5-9(10)7-8-16-12/h3-6,12,16,20H,2,7-8H2,1H3,(H,17,19,21)/t12-/m1/s1. The fraction of sp³-hybridized carbons (Fsp3) is 0.333. The number of aromatic hydroxyl groups is 1. The fourth-order valence-electron chi connectivity index (χ4n) is 2.89. The van der Waals surface area contributed by atoms with Gasteiger partial charge in [-0.15, -0.1) is 0 Å². The van der Waals surface area contributed by atoms with Gasteiger partial charge in [-0.25, -0.2) is 0 Å². The van der Waals surface area contributed by atoms with E-state index < -0.39 is 0 Å². The number of nitrogens with zero attached hydrogens (tertiary/aromatic N) is 1. The van der Waals surface area contributed by atoms with Crippen LogP contribution in [0.25, 0.3) is 0 Å². The van der Waals surface area contributed by atoms with Crippen molar-refractivity contribution in [2.24, 2.45) is 0 Å². The van der Waals surface area contributed by atoms with Gasteiger partial charge in [0.15, 0.2) is 4.77 Å². The molecule has 0 aliphatic carbocycles. The van der Waals surface area contributed by atoms with Crippen LogP contribution >= 0.6 is 12.2 Å². The van der Waals surface area contributed by atoms with Crippen LogP contribution in [0.4, 0.5) is 0 Å². The molecule has 0 bridgehead atoms. The summed E-state index contributed by atoms with van der Waals surface area (Å²) in [6.45, 7) is 3.14. The Balaban J connectivity index is 2.23. The highest BCUT2D eigenvalue weighted by Crippen LogP contribution is 2.31. The van der Waals surface area contributed by atoms with Crippen molar-refractivity contribution in [3.8, 4) is 5.88 Å². The first-order valence-corrected chi connectivity index (χ1v) is 7.41. The first-order chi connectivity index (χ1) is 10.1. The summed E-state index contributed by atoms with van der Waals surface area (Å²) in [6, 6.07) is 7.67. The molecule has 1 atom stereocenters. The number of aromatic nitrogens is 2. The van der Waals surface area contributed by atoms with Crippen molar-refractivity contribution in [1.82, 2.24) is 14.9 Å². The highest BCUT2D eigenvalue weighted by atomic mass is 32.1. The Morgan fingerprint density at radius 2 is 2.19 bits per heavy atom. The Morgan fingerprint density at radius 1 is 1.43 bits per heavy atom. The van der Waals surface area contributed by atoms with Crippen LogP contribution in [0.15, 0.2) is 29.1 Å². The lowest BCUT2D eigenvalue weighted by Gasteiger charge is -2.27. The third-order valence-corrected chi connectivity index (χ3v) is 4.24. The number of nitrogens with one attached hydrogen (secondary N) is 2. The zero-order valence-electron chi connectivity index (χ0n) is 11.7. The molecule has 0 radical (unpaired) electrons. The van der Waals surface area contributed by atoms with Crippen molar-refractivity contribution < 1.29 is 5.11 Å². The maximum absolute atomic E-state index is 12.3. The predicted octanol–water partition coefficient (Wildman–Crippen LogP) is 1.87. The molecule has 0 fully saturated rings. The summed E-state index contributed by atoms with van der Waals surface area (Å²) >= 11 is 5.09. The molecule has 6 heteroatoms. The highest BCUT2D eigenvalue weighted by Gasteiger charge is 2.27. The largest absolute Gasteiger partial charge is 0.494 e. The molecule has 0 unspecified atom stereocenters. The van der Waals surface area contributed by atoms with Crippen LogP contribution in [0.3, 0.4) is 0 Å². The Kier molecular flexibility index (Phi) is 3.65. The molecule has 2 aromatic rings. The van der Waals surface area contributed by atoms with Gasteiger partial charge in [-0.2, -0.15) is 0 Å². The van der Waals surface area contributed by atoms with Gasteiger partial charge >= 0.3 is 0 Å². The van der Waals surface area contributed by atoms with Crippen molar-refractivity contribution in [3.05, 3.63) is 56.1 Å². The number of hydrogen-bond acceptors (Lipinski definition) is 4. The molecule has 2 heterocycles. The van der Waals surface area contributed by atoms with Gasteiger partial charge in [0.05, 0.1) is 11.6 Å². The smallest absolute Gasteiger partial charge is 0.260 e. The molecular formula is C15H17N3O2S. The van der Waals surface area contributed by atoms with Gasteiger partial charge in [0.25, 0.3) is 5.56 Å². The third-order valence-electron chi connectivity index (χ3n) is 3.92. The molecule has 3 rings (SSSR count). The summed E-state index contributed by atoms with van der Waals surface area (Å²) in [5, 5.41) is 13.8. The van der Waals surface area contributed by atoms with Crippen LogP contribution in [0.5, 0.6) is 5.88 Å². The molecule has 110 valence electrons. The van der Waals surface area contributed by atoms with E-state index in [0.717, 1.165) is 18.5 Å². The first kappa shape index (κ1) is 14.0. The number of benzene rings is 1. The number of fused-ring (bicyclic) bond motifs is 1. The van der Waals surface area contributed by atoms with E-state index in [9.17, 15) is 9.90 Å². The average Bonchev–Trinajstić information content (AvgIpc) is 2.47. The van der Waals surface area contributed by atoms with E-state index in [1.165, 1.54) is 10.1 Å². The minimum Gasteiger partial charge on any atom is -0.494 e. The third kappa shape index (κ3) is 2.30. The summed E-state index contributed by atoms with van der Waals surface area (Å²) in [7, 11) is 0. The van der Waals surface area contributed by atoms with Crippen LogP contribution in [0, 0.1) is 4.77 Å². The Labute approximate surface area is 127 Å². The lowest BCUT2D eigenvalue weighted by atomic mass is 9.91. The number of aromatic amines is 1. The lowest BCUT2D eigenvalue weighted by Crippen LogP contribution is -2.35. The number of hydrogen-bond donors (Lipinski definition) is 3. The van der Waals surface area contributed by atoms with Crippen LogP contribution in [-0.2, 0) is 13.0 Å². The van der Waals surface area contributed by atoms with Crippen molar-refractivity contribution in [1.29, 1.82) is 0 Å². The second kappa shape index (κ2) is 5.46. The fourth-order valence-corrected chi connectivity index (χ4v) is 3.20. The zero-order valence-corrected chi connectivity index (χ0v) is 12.5. The van der Waals surface area contributed by atoms with Gasteiger partial charge in [-0.3, -0.25) is 14.3 Å². The van der Waals surface area contributed by atoms with Crippen molar-refractivity contribution in [2.45, 2.75) is 25.9 Å². The van der Waals surface area contributed by atoms with Crippen LogP contribution in [-0.4, -0.2) is 21.2 Å². The molecule has 3 N–H and O–H groups in total. The van der Waals surface area contributed by atoms with E-state index in [4.69, 9.17) is 12.2 Å². The maximum Gasteiger partial charge on any atom is 0.260 e. The normalized spacial score (nSPS) is 17.5. The van der Waals surface area contributed by atoms with Crippen LogP contribution < -0.4 is 10.9 Å². The van der Waals surface area contributed by atoms with Crippen molar-refractivity contribution >= 4 is 12.2 Å². The minimum absolute atomic E-state index is 0.0551. The molecule has 0 saturated heterocycles. The second-order valence-corrected chi connectivity index (χ2v) is 5.46. The second-order valence-electron chi connectivity index (χ2n) is 5.08. The Morgan fingerprint density at radius 3 is 2.95 bits per heavy atom. The SMILES string of the molecule is CCn1c(O)c([C@@H]2NCCc3ccccc32)c(=O)[nH]c1=S. The average molecular weight is 303 g/mol. The van der Waals surface area contributed by atoms with E-state index in [-0.39, 0.29) is 22.3 Å². The monoisotopic (exact) mass is 303 g/mol.